The molecule has 0 saturated carbocycles. The smallest absolute Gasteiger partial charge is 0.264 e. The largest absolute Gasteiger partial charge is 0.337 e. The molecule has 3 aromatic rings. The zero-order valence-corrected chi connectivity index (χ0v) is 17.9. The zero-order chi connectivity index (χ0) is 21.9. The fraction of sp³-hybridized carbons (Fsp3) is 0.174. The number of nitrogens with zero attached hydrogens (tertiary/aromatic N) is 2. The number of sulfonamides is 1. The van der Waals surface area contributed by atoms with Gasteiger partial charge in [-0.25, -0.2) is 12.8 Å². The Hall–Kier alpha value is -3.19. The number of hydrogen-bond donors (Lipinski definition) is 0. The van der Waals surface area contributed by atoms with Crippen molar-refractivity contribution in [1.29, 1.82) is 0 Å². The predicted molar refractivity (Wildman–Crippen MR) is 115 cm³/mol. The summed E-state index contributed by atoms with van der Waals surface area (Å²) in [5.41, 5.74) is 2.51. The van der Waals surface area contributed by atoms with E-state index in [0.29, 0.717) is 17.8 Å². The molecule has 1 amide bonds. The van der Waals surface area contributed by atoms with Crippen LogP contribution in [0.1, 0.15) is 21.5 Å². The Balaban J connectivity index is 1.81. The Labute approximate surface area is 176 Å². The number of carbonyl (C=O) groups excluding carboxylic acids is 1. The molecule has 0 heterocycles. The van der Waals surface area contributed by atoms with Crippen LogP contribution in [0.4, 0.5) is 10.1 Å². The lowest BCUT2D eigenvalue weighted by Crippen LogP contribution is -2.28. The number of rotatable bonds is 6. The van der Waals surface area contributed by atoms with E-state index in [9.17, 15) is 17.6 Å². The van der Waals surface area contributed by atoms with E-state index in [1.54, 1.807) is 67.7 Å². The van der Waals surface area contributed by atoms with Crippen LogP contribution in [0.5, 0.6) is 0 Å². The average molecular weight is 427 g/mol. The molecule has 0 fully saturated rings. The standard InChI is InChI=1S/C23H23FN2O3S/c1-17-7-13-22(14-8-17)30(28,29)26(3)21-6-4-5-19(15-21)23(27)25(2)16-18-9-11-20(24)12-10-18/h4-15H,16H2,1-3H3. The van der Waals surface area contributed by atoms with Crippen molar-refractivity contribution in [2.24, 2.45) is 0 Å². The minimum absolute atomic E-state index is 0.181. The molecule has 3 rings (SSSR count). The molecular formula is C23H23FN2O3S. The maximum atomic E-state index is 13.1. The van der Waals surface area contributed by atoms with Gasteiger partial charge in [0.05, 0.1) is 10.6 Å². The van der Waals surface area contributed by atoms with Crippen LogP contribution in [0.2, 0.25) is 0 Å². The Bertz CT molecular complexity index is 1140. The summed E-state index contributed by atoms with van der Waals surface area (Å²) in [6, 6.07) is 19.0. The summed E-state index contributed by atoms with van der Waals surface area (Å²) in [4.78, 5) is 14.5. The highest BCUT2D eigenvalue weighted by atomic mass is 32.2. The van der Waals surface area contributed by atoms with Crippen molar-refractivity contribution >= 4 is 21.6 Å². The monoisotopic (exact) mass is 426 g/mol. The van der Waals surface area contributed by atoms with Gasteiger partial charge in [-0.1, -0.05) is 35.9 Å². The molecule has 5 nitrogen and oxygen atoms in total. The number of aryl methyl sites for hydroxylation is 1. The van der Waals surface area contributed by atoms with Crippen LogP contribution >= 0.6 is 0 Å². The average Bonchev–Trinajstić information content (AvgIpc) is 2.74. The number of carbonyl (C=O) groups is 1. The molecule has 3 aromatic carbocycles. The van der Waals surface area contributed by atoms with Gasteiger partial charge in [-0.15, -0.1) is 0 Å². The van der Waals surface area contributed by atoms with Crippen LogP contribution in [-0.4, -0.2) is 33.3 Å². The molecule has 0 unspecified atom stereocenters. The molecule has 7 heteroatoms. The van der Waals surface area contributed by atoms with Gasteiger partial charge < -0.3 is 4.90 Å². The quantitative estimate of drug-likeness (QED) is 0.593. The van der Waals surface area contributed by atoms with Crippen LogP contribution in [0.25, 0.3) is 0 Å². The lowest BCUT2D eigenvalue weighted by atomic mass is 10.1. The first-order chi connectivity index (χ1) is 14.2. The lowest BCUT2D eigenvalue weighted by Gasteiger charge is -2.22. The van der Waals surface area contributed by atoms with Crippen LogP contribution in [-0.2, 0) is 16.6 Å². The molecule has 0 saturated heterocycles. The van der Waals surface area contributed by atoms with E-state index in [1.807, 2.05) is 6.92 Å². The van der Waals surface area contributed by atoms with Crippen molar-refractivity contribution in [3.8, 4) is 0 Å². The molecular weight excluding hydrogens is 403 g/mol. The first-order valence-corrected chi connectivity index (χ1v) is 10.8. The van der Waals surface area contributed by atoms with Crippen LogP contribution in [0.15, 0.2) is 77.7 Å². The summed E-state index contributed by atoms with van der Waals surface area (Å²) >= 11 is 0. The van der Waals surface area contributed by atoms with Gasteiger partial charge >= 0.3 is 0 Å². The highest BCUT2D eigenvalue weighted by Gasteiger charge is 2.22. The van der Waals surface area contributed by atoms with Crippen molar-refractivity contribution in [1.82, 2.24) is 4.90 Å². The minimum Gasteiger partial charge on any atom is -0.337 e. The van der Waals surface area contributed by atoms with Gasteiger partial charge in [0, 0.05) is 26.2 Å². The summed E-state index contributed by atoms with van der Waals surface area (Å²) in [5.74, 6) is -0.597. The SMILES string of the molecule is Cc1ccc(S(=O)(=O)N(C)c2cccc(C(=O)N(C)Cc3ccc(F)cc3)c2)cc1. The Morgan fingerprint density at radius 2 is 1.57 bits per heavy atom. The van der Waals surface area contributed by atoms with E-state index >= 15 is 0 Å². The van der Waals surface area contributed by atoms with Crippen molar-refractivity contribution in [3.05, 3.63) is 95.3 Å². The van der Waals surface area contributed by atoms with Gasteiger partial charge in [-0.3, -0.25) is 9.10 Å². The number of amides is 1. The zero-order valence-electron chi connectivity index (χ0n) is 17.0. The molecule has 0 N–H and O–H groups in total. The number of halogens is 1. The van der Waals surface area contributed by atoms with Crippen LogP contribution in [0, 0.1) is 12.7 Å². The van der Waals surface area contributed by atoms with Gasteiger partial charge in [0.15, 0.2) is 0 Å². The molecule has 0 bridgehead atoms. The molecule has 0 spiro atoms. The summed E-state index contributed by atoms with van der Waals surface area (Å²) in [6.45, 7) is 2.19. The van der Waals surface area contributed by atoms with Crippen molar-refractivity contribution in [3.63, 3.8) is 0 Å². The number of hydrogen-bond acceptors (Lipinski definition) is 3. The van der Waals surface area contributed by atoms with Crippen LogP contribution in [0.3, 0.4) is 0 Å². The second kappa shape index (κ2) is 8.67. The van der Waals surface area contributed by atoms with E-state index in [1.165, 1.54) is 24.1 Å². The Morgan fingerprint density at radius 3 is 2.20 bits per heavy atom. The van der Waals surface area contributed by atoms with E-state index < -0.39 is 10.0 Å². The number of anilines is 1. The highest BCUT2D eigenvalue weighted by molar-refractivity contribution is 7.92. The van der Waals surface area contributed by atoms with Crippen LogP contribution < -0.4 is 4.31 Å². The Morgan fingerprint density at radius 1 is 0.933 bits per heavy atom. The molecule has 156 valence electrons. The van der Waals surface area contributed by atoms with Gasteiger partial charge in [0.1, 0.15) is 5.82 Å². The highest BCUT2D eigenvalue weighted by Crippen LogP contribution is 2.24. The minimum atomic E-state index is -3.75. The fourth-order valence-electron chi connectivity index (χ4n) is 3.00. The second-order valence-electron chi connectivity index (χ2n) is 7.12. The van der Waals surface area contributed by atoms with Crippen molar-refractivity contribution in [2.45, 2.75) is 18.4 Å². The summed E-state index contributed by atoms with van der Waals surface area (Å²) in [6.07, 6.45) is 0. The lowest BCUT2D eigenvalue weighted by molar-refractivity contribution is 0.0785. The number of benzene rings is 3. The van der Waals surface area contributed by atoms with Gasteiger partial charge in [-0.2, -0.15) is 0 Å². The third-order valence-electron chi connectivity index (χ3n) is 4.82. The first-order valence-electron chi connectivity index (χ1n) is 9.34. The van der Waals surface area contributed by atoms with Crippen molar-refractivity contribution < 1.29 is 17.6 Å². The molecule has 0 radical (unpaired) electrons. The fourth-order valence-corrected chi connectivity index (χ4v) is 4.19. The summed E-state index contributed by atoms with van der Waals surface area (Å²) in [5, 5.41) is 0. The predicted octanol–water partition coefficient (Wildman–Crippen LogP) is 4.23. The molecule has 0 aliphatic rings. The van der Waals surface area contributed by atoms with E-state index in [4.69, 9.17) is 0 Å². The molecule has 30 heavy (non-hydrogen) atoms. The molecule has 0 aliphatic carbocycles. The van der Waals surface area contributed by atoms with Crippen molar-refractivity contribution in [2.75, 3.05) is 18.4 Å². The van der Waals surface area contributed by atoms with E-state index in [2.05, 4.69) is 0 Å². The molecule has 0 aliphatic heterocycles. The van der Waals surface area contributed by atoms with Gasteiger partial charge in [-0.05, 0) is 55.0 Å². The van der Waals surface area contributed by atoms with E-state index in [0.717, 1.165) is 15.4 Å². The van der Waals surface area contributed by atoms with E-state index in [-0.39, 0.29) is 16.6 Å². The second-order valence-corrected chi connectivity index (χ2v) is 9.09. The maximum absolute atomic E-state index is 13.1. The topological polar surface area (TPSA) is 57.7 Å². The third kappa shape index (κ3) is 4.68. The Kier molecular flexibility index (Phi) is 6.22. The first kappa shape index (κ1) is 21.5. The van der Waals surface area contributed by atoms with Gasteiger partial charge in [0.25, 0.3) is 15.9 Å². The van der Waals surface area contributed by atoms with Gasteiger partial charge in [0.2, 0.25) is 0 Å². The molecule has 0 atom stereocenters. The normalized spacial score (nSPS) is 11.2. The maximum Gasteiger partial charge on any atom is 0.264 e. The summed E-state index contributed by atoms with van der Waals surface area (Å²) in [7, 11) is -0.648. The molecule has 0 aromatic heterocycles. The third-order valence-corrected chi connectivity index (χ3v) is 6.62. The summed E-state index contributed by atoms with van der Waals surface area (Å²) < 4.78 is 40.1.